The number of methoxy groups -OCH3 is 1. The van der Waals surface area contributed by atoms with Gasteiger partial charge in [0, 0.05) is 29.6 Å². The molecule has 17 heavy (non-hydrogen) atoms. The van der Waals surface area contributed by atoms with Crippen LogP contribution in [0, 0.1) is 12.7 Å². The summed E-state index contributed by atoms with van der Waals surface area (Å²) in [5.74, 6) is 0.348. The molecule has 0 bridgehead atoms. The molecule has 0 aliphatic heterocycles. The highest BCUT2D eigenvalue weighted by atomic mass is 79.9. The Kier molecular flexibility index (Phi) is 3.54. The van der Waals surface area contributed by atoms with Crippen molar-refractivity contribution in [3.05, 3.63) is 33.9 Å². The molecule has 0 N–H and O–H groups in total. The van der Waals surface area contributed by atoms with Gasteiger partial charge in [-0.2, -0.15) is 0 Å². The fourth-order valence-corrected chi connectivity index (χ4v) is 2.04. The molecule has 0 atom stereocenters. The van der Waals surface area contributed by atoms with E-state index >= 15 is 0 Å². The molecule has 0 radical (unpaired) electrons. The summed E-state index contributed by atoms with van der Waals surface area (Å²) in [5, 5.41) is 7.61. The van der Waals surface area contributed by atoms with Crippen molar-refractivity contribution in [2.75, 3.05) is 7.11 Å². The summed E-state index contributed by atoms with van der Waals surface area (Å²) < 4.78 is 24.4. The minimum atomic E-state index is -0.373. The van der Waals surface area contributed by atoms with Gasteiger partial charge in [-0.05, 0) is 12.1 Å². The monoisotopic (exact) mass is 300 g/mol. The third-order valence-electron chi connectivity index (χ3n) is 2.21. The Balaban J connectivity index is 2.58. The van der Waals surface area contributed by atoms with E-state index in [-0.39, 0.29) is 11.7 Å². The number of aromatic nitrogens is 2. The first kappa shape index (κ1) is 12.2. The van der Waals surface area contributed by atoms with E-state index in [2.05, 4.69) is 26.1 Å². The van der Waals surface area contributed by atoms with Gasteiger partial charge in [0.15, 0.2) is 0 Å². The van der Waals surface area contributed by atoms with Crippen LogP contribution in [0.3, 0.4) is 0 Å². The van der Waals surface area contributed by atoms with E-state index < -0.39 is 0 Å². The van der Waals surface area contributed by atoms with Crippen LogP contribution in [-0.2, 0) is 11.3 Å². The number of aryl methyl sites for hydroxylation is 1. The first-order chi connectivity index (χ1) is 8.11. The van der Waals surface area contributed by atoms with E-state index in [4.69, 9.17) is 9.15 Å². The smallest absolute Gasteiger partial charge is 0.248 e. The van der Waals surface area contributed by atoms with Crippen LogP contribution in [0.15, 0.2) is 21.0 Å². The summed E-state index contributed by atoms with van der Waals surface area (Å²) in [6.45, 7) is 2.01. The summed E-state index contributed by atoms with van der Waals surface area (Å²) in [6, 6.07) is 2.73. The van der Waals surface area contributed by atoms with E-state index in [1.165, 1.54) is 12.1 Å². The van der Waals surface area contributed by atoms with Gasteiger partial charge < -0.3 is 9.15 Å². The lowest BCUT2D eigenvalue weighted by molar-refractivity contribution is 0.184. The van der Waals surface area contributed by atoms with Crippen molar-refractivity contribution in [3.8, 4) is 11.5 Å². The van der Waals surface area contributed by atoms with Crippen LogP contribution in [0.25, 0.3) is 11.5 Å². The van der Waals surface area contributed by atoms with Crippen molar-refractivity contribution in [2.24, 2.45) is 0 Å². The second kappa shape index (κ2) is 4.93. The predicted molar refractivity (Wildman–Crippen MR) is 62.8 cm³/mol. The summed E-state index contributed by atoms with van der Waals surface area (Å²) >= 11 is 3.29. The highest BCUT2D eigenvalue weighted by molar-refractivity contribution is 9.10. The fraction of sp³-hybridized carbons (Fsp3) is 0.273. The number of halogens is 2. The van der Waals surface area contributed by atoms with E-state index in [0.717, 1.165) is 5.56 Å². The lowest BCUT2D eigenvalue weighted by atomic mass is 10.1. The Morgan fingerprint density at radius 3 is 2.76 bits per heavy atom. The van der Waals surface area contributed by atoms with Gasteiger partial charge in [-0.3, -0.25) is 0 Å². The highest BCUT2D eigenvalue weighted by Gasteiger charge is 2.15. The second-order valence-electron chi connectivity index (χ2n) is 3.47. The Hall–Kier alpha value is -1.27. The van der Waals surface area contributed by atoms with Gasteiger partial charge in [0.1, 0.15) is 5.82 Å². The van der Waals surface area contributed by atoms with E-state index in [0.29, 0.717) is 22.5 Å². The van der Waals surface area contributed by atoms with Crippen LogP contribution in [-0.4, -0.2) is 17.3 Å². The molecule has 0 fully saturated rings. The number of nitrogens with zero attached hydrogens (tertiary/aromatic N) is 2. The maximum absolute atomic E-state index is 13.4. The Morgan fingerprint density at radius 1 is 1.41 bits per heavy atom. The molecule has 2 aromatic rings. The summed E-state index contributed by atoms with van der Waals surface area (Å²) in [5.41, 5.74) is 1.32. The molecule has 4 nitrogen and oxygen atoms in total. The second-order valence-corrected chi connectivity index (χ2v) is 4.33. The minimum Gasteiger partial charge on any atom is -0.421 e. The Bertz CT molecular complexity index is 542. The SMILES string of the molecule is COCc1c(Br)cc(F)cc1-c1nnc(C)o1. The van der Waals surface area contributed by atoms with Crippen molar-refractivity contribution in [1.82, 2.24) is 10.2 Å². The van der Waals surface area contributed by atoms with Gasteiger partial charge in [-0.15, -0.1) is 10.2 Å². The third kappa shape index (κ3) is 2.53. The molecule has 0 saturated heterocycles. The van der Waals surface area contributed by atoms with Gasteiger partial charge in [-0.25, -0.2) is 4.39 Å². The molecule has 1 aromatic heterocycles. The normalized spacial score (nSPS) is 10.8. The molecule has 1 aromatic carbocycles. The van der Waals surface area contributed by atoms with E-state index in [1.54, 1.807) is 14.0 Å². The average Bonchev–Trinajstić information content (AvgIpc) is 2.68. The minimum absolute atomic E-state index is 0.287. The maximum Gasteiger partial charge on any atom is 0.248 e. The summed E-state index contributed by atoms with van der Waals surface area (Å²) in [6.07, 6.45) is 0. The highest BCUT2D eigenvalue weighted by Crippen LogP contribution is 2.30. The van der Waals surface area contributed by atoms with Crippen LogP contribution < -0.4 is 0 Å². The fourth-order valence-electron chi connectivity index (χ4n) is 1.49. The molecule has 0 amide bonds. The standard InChI is InChI=1S/C11H10BrFN2O2/c1-6-14-15-11(17-6)8-3-7(13)4-10(12)9(8)5-16-2/h3-4H,5H2,1-2H3. The molecule has 0 aliphatic rings. The number of benzene rings is 1. The van der Waals surface area contributed by atoms with Crippen LogP contribution in [0.2, 0.25) is 0 Å². The quantitative estimate of drug-likeness (QED) is 0.874. The zero-order chi connectivity index (χ0) is 12.4. The molecule has 2 rings (SSSR count). The summed E-state index contributed by atoms with van der Waals surface area (Å²) in [7, 11) is 1.57. The van der Waals surface area contributed by atoms with Gasteiger partial charge >= 0.3 is 0 Å². The predicted octanol–water partition coefficient (Wildman–Crippen LogP) is 3.09. The molecule has 0 unspecified atom stereocenters. The maximum atomic E-state index is 13.4. The Morgan fingerprint density at radius 2 is 2.18 bits per heavy atom. The van der Waals surface area contributed by atoms with Gasteiger partial charge in [-0.1, -0.05) is 15.9 Å². The van der Waals surface area contributed by atoms with Crippen molar-refractivity contribution in [3.63, 3.8) is 0 Å². The zero-order valence-electron chi connectivity index (χ0n) is 9.33. The molecule has 0 aliphatic carbocycles. The lowest BCUT2D eigenvalue weighted by Gasteiger charge is -2.08. The topological polar surface area (TPSA) is 48.2 Å². The molecule has 0 spiro atoms. The van der Waals surface area contributed by atoms with Crippen molar-refractivity contribution < 1.29 is 13.5 Å². The van der Waals surface area contributed by atoms with E-state index in [1.807, 2.05) is 0 Å². The first-order valence-electron chi connectivity index (χ1n) is 4.89. The Labute approximate surface area is 106 Å². The molecule has 0 saturated carbocycles. The molecular formula is C11H10BrFN2O2. The zero-order valence-corrected chi connectivity index (χ0v) is 10.9. The summed E-state index contributed by atoms with van der Waals surface area (Å²) in [4.78, 5) is 0. The van der Waals surface area contributed by atoms with Gasteiger partial charge in [0.05, 0.1) is 6.61 Å². The number of ether oxygens (including phenoxy) is 1. The molecular weight excluding hydrogens is 291 g/mol. The number of rotatable bonds is 3. The van der Waals surface area contributed by atoms with E-state index in [9.17, 15) is 4.39 Å². The molecule has 90 valence electrons. The molecule has 6 heteroatoms. The van der Waals surface area contributed by atoms with Gasteiger partial charge in [0.2, 0.25) is 11.8 Å². The van der Waals surface area contributed by atoms with Gasteiger partial charge in [0.25, 0.3) is 0 Å². The largest absolute Gasteiger partial charge is 0.421 e. The average molecular weight is 301 g/mol. The first-order valence-corrected chi connectivity index (χ1v) is 5.68. The third-order valence-corrected chi connectivity index (χ3v) is 2.91. The van der Waals surface area contributed by atoms with Crippen molar-refractivity contribution >= 4 is 15.9 Å². The van der Waals surface area contributed by atoms with Crippen LogP contribution in [0.5, 0.6) is 0 Å². The molecule has 1 heterocycles. The lowest BCUT2D eigenvalue weighted by Crippen LogP contribution is -1.95. The van der Waals surface area contributed by atoms with Crippen LogP contribution >= 0.6 is 15.9 Å². The van der Waals surface area contributed by atoms with Crippen LogP contribution in [0.1, 0.15) is 11.5 Å². The van der Waals surface area contributed by atoms with Crippen LogP contribution in [0.4, 0.5) is 4.39 Å². The number of hydrogen-bond acceptors (Lipinski definition) is 4. The van der Waals surface area contributed by atoms with Crippen molar-refractivity contribution in [2.45, 2.75) is 13.5 Å². The number of hydrogen-bond donors (Lipinski definition) is 0. The van der Waals surface area contributed by atoms with Crippen molar-refractivity contribution in [1.29, 1.82) is 0 Å².